The van der Waals surface area contributed by atoms with Crippen molar-refractivity contribution in [2.24, 2.45) is 11.8 Å². The van der Waals surface area contributed by atoms with Crippen molar-refractivity contribution in [1.82, 2.24) is 20.2 Å². The van der Waals surface area contributed by atoms with Crippen molar-refractivity contribution in [3.63, 3.8) is 0 Å². The first-order valence-corrected chi connectivity index (χ1v) is 14.0. The van der Waals surface area contributed by atoms with Gasteiger partial charge in [-0.1, -0.05) is 18.9 Å². The fourth-order valence-electron chi connectivity index (χ4n) is 6.24. The summed E-state index contributed by atoms with van der Waals surface area (Å²) in [6.07, 6.45) is 14.6. The molecule has 196 valence electrons. The van der Waals surface area contributed by atoms with Crippen LogP contribution in [0.4, 0.5) is 11.5 Å². The molecule has 1 aliphatic heterocycles. The minimum Gasteiger partial charge on any atom is -0.421 e. The lowest BCUT2D eigenvalue weighted by atomic mass is 9.77. The van der Waals surface area contributed by atoms with Gasteiger partial charge in [0.1, 0.15) is 5.82 Å². The molecule has 7 heteroatoms. The predicted octanol–water partition coefficient (Wildman–Crippen LogP) is 6.78. The Bertz CT molecular complexity index is 1320. The fourth-order valence-corrected chi connectivity index (χ4v) is 6.24. The first-order valence-electron chi connectivity index (χ1n) is 14.0. The summed E-state index contributed by atoms with van der Waals surface area (Å²) in [4.78, 5) is 11.5. The Hall–Kier alpha value is -3.74. The van der Waals surface area contributed by atoms with Gasteiger partial charge in [0.2, 0.25) is 11.8 Å². The zero-order chi connectivity index (χ0) is 25.7. The molecule has 1 aromatic carbocycles. The van der Waals surface area contributed by atoms with Crippen molar-refractivity contribution in [3.05, 3.63) is 73.0 Å². The number of piperidine rings is 1. The van der Waals surface area contributed by atoms with E-state index < -0.39 is 0 Å². The van der Waals surface area contributed by atoms with Crippen molar-refractivity contribution < 1.29 is 4.42 Å². The molecule has 7 nitrogen and oxygen atoms in total. The number of nitrogens with zero attached hydrogens (tertiary/aromatic N) is 5. The van der Waals surface area contributed by atoms with Crippen molar-refractivity contribution in [2.45, 2.75) is 57.9 Å². The zero-order valence-corrected chi connectivity index (χ0v) is 22.1. The van der Waals surface area contributed by atoms with Crippen LogP contribution in [0.15, 0.2) is 71.5 Å². The van der Waals surface area contributed by atoms with E-state index in [1.807, 2.05) is 31.6 Å². The van der Waals surface area contributed by atoms with Crippen molar-refractivity contribution >= 4 is 11.5 Å². The van der Waals surface area contributed by atoms with E-state index in [0.717, 1.165) is 35.6 Å². The van der Waals surface area contributed by atoms with Crippen LogP contribution in [0.3, 0.4) is 0 Å². The summed E-state index contributed by atoms with van der Waals surface area (Å²) in [5.41, 5.74) is 4.54. The highest BCUT2D eigenvalue weighted by Gasteiger charge is 2.30. The molecule has 3 aromatic heterocycles. The lowest BCUT2D eigenvalue weighted by Crippen LogP contribution is -2.39. The van der Waals surface area contributed by atoms with E-state index >= 15 is 0 Å². The molecule has 1 unspecified atom stereocenters. The third kappa shape index (κ3) is 5.72. The number of aromatic nitrogens is 4. The van der Waals surface area contributed by atoms with E-state index in [-0.39, 0.29) is 0 Å². The Kier molecular flexibility index (Phi) is 7.33. The largest absolute Gasteiger partial charge is 0.421 e. The average Bonchev–Trinajstić information content (AvgIpc) is 3.41. The Labute approximate surface area is 224 Å². The van der Waals surface area contributed by atoms with Crippen molar-refractivity contribution in [2.75, 3.05) is 23.3 Å². The van der Waals surface area contributed by atoms with E-state index in [1.165, 1.54) is 50.6 Å². The van der Waals surface area contributed by atoms with Crippen LogP contribution in [0.1, 0.15) is 50.8 Å². The second-order valence-corrected chi connectivity index (χ2v) is 10.8. The highest BCUT2D eigenvalue weighted by atomic mass is 16.4. The molecular formula is C31H36N6O. The minimum atomic E-state index is 0.480. The molecule has 0 spiro atoms. The van der Waals surface area contributed by atoms with Gasteiger partial charge in [-0.05, 0) is 92.0 Å². The van der Waals surface area contributed by atoms with Gasteiger partial charge >= 0.3 is 0 Å². The number of hydrogen-bond donors (Lipinski definition) is 1. The van der Waals surface area contributed by atoms with Crippen LogP contribution in [-0.2, 0) is 0 Å². The van der Waals surface area contributed by atoms with Gasteiger partial charge in [0.25, 0.3) is 0 Å². The molecule has 38 heavy (non-hydrogen) atoms. The Balaban J connectivity index is 1.10. The Morgan fingerprint density at radius 2 is 1.82 bits per heavy atom. The van der Waals surface area contributed by atoms with Crippen LogP contribution in [0.2, 0.25) is 0 Å². The second-order valence-electron chi connectivity index (χ2n) is 10.8. The fraction of sp³-hybridized carbons (Fsp3) is 0.419. The lowest BCUT2D eigenvalue weighted by molar-refractivity contribution is 0.247. The molecule has 1 N–H and O–H groups in total. The molecule has 4 aromatic rings. The molecule has 0 radical (unpaired) electrons. The summed E-state index contributed by atoms with van der Waals surface area (Å²) in [5, 5.41) is 11.9. The quantitative estimate of drug-likeness (QED) is 0.295. The first kappa shape index (κ1) is 24.6. The molecule has 2 fully saturated rings. The van der Waals surface area contributed by atoms with Crippen molar-refractivity contribution in [3.8, 4) is 22.6 Å². The smallest absolute Gasteiger partial charge is 0.247 e. The average molecular weight is 509 g/mol. The Morgan fingerprint density at radius 1 is 0.921 bits per heavy atom. The first-order chi connectivity index (χ1) is 18.7. The maximum Gasteiger partial charge on any atom is 0.247 e. The van der Waals surface area contributed by atoms with Gasteiger partial charge in [-0.15, -0.1) is 10.2 Å². The van der Waals surface area contributed by atoms with E-state index in [1.54, 1.807) is 0 Å². The van der Waals surface area contributed by atoms with Crippen LogP contribution in [0, 0.1) is 18.8 Å². The third-order valence-corrected chi connectivity index (χ3v) is 8.16. The summed E-state index contributed by atoms with van der Waals surface area (Å²) >= 11 is 0. The molecule has 4 heterocycles. The van der Waals surface area contributed by atoms with Crippen molar-refractivity contribution in [1.29, 1.82) is 0 Å². The molecule has 0 bridgehead atoms. The van der Waals surface area contributed by atoms with E-state index in [9.17, 15) is 0 Å². The molecular weight excluding hydrogens is 472 g/mol. The van der Waals surface area contributed by atoms with E-state index in [0.29, 0.717) is 29.7 Å². The Morgan fingerprint density at radius 3 is 2.63 bits per heavy atom. The molecule has 1 saturated heterocycles. The summed E-state index contributed by atoms with van der Waals surface area (Å²) in [7, 11) is 0. The molecule has 6 rings (SSSR count). The van der Waals surface area contributed by atoms with E-state index in [4.69, 9.17) is 4.42 Å². The third-order valence-electron chi connectivity index (χ3n) is 8.16. The normalized spacial score (nSPS) is 21.8. The van der Waals surface area contributed by atoms with Gasteiger partial charge in [-0.2, -0.15) is 0 Å². The standard InChI is InChI=1S/C31H36N6O/c1-22-35-36-31(38-22)24-10-12-28(13-11-24)37-17-5-6-23(21-37)18-26-7-2-3-9-29(26)34-30-19-25(14-16-33-30)27-8-4-15-32-20-27/h4,8,10-16,19-20,23,26,29H,2-3,5-7,9,17-18,21H2,1H3,(H,33,34)/t23?,26-,29+/m0/s1. The maximum absolute atomic E-state index is 5.59. The summed E-state index contributed by atoms with van der Waals surface area (Å²) in [6, 6.07) is 17.4. The second kappa shape index (κ2) is 11.3. The maximum atomic E-state index is 5.59. The van der Waals surface area contributed by atoms with Crippen LogP contribution in [0.5, 0.6) is 0 Å². The van der Waals surface area contributed by atoms with Gasteiger partial charge in [-0.25, -0.2) is 4.98 Å². The zero-order valence-electron chi connectivity index (χ0n) is 22.1. The molecule has 3 atom stereocenters. The lowest BCUT2D eigenvalue weighted by Gasteiger charge is -2.39. The van der Waals surface area contributed by atoms with Crippen LogP contribution >= 0.6 is 0 Å². The number of anilines is 2. The molecule has 2 aliphatic rings. The van der Waals surface area contributed by atoms with E-state index in [2.05, 4.69) is 72.8 Å². The molecule has 1 aliphatic carbocycles. The highest BCUT2D eigenvalue weighted by Crippen LogP contribution is 2.36. The number of hydrogen-bond acceptors (Lipinski definition) is 7. The van der Waals surface area contributed by atoms with Gasteiger partial charge in [0.15, 0.2) is 0 Å². The summed E-state index contributed by atoms with van der Waals surface area (Å²) < 4.78 is 5.59. The van der Waals surface area contributed by atoms with Crippen LogP contribution in [-0.4, -0.2) is 39.3 Å². The monoisotopic (exact) mass is 508 g/mol. The number of rotatable bonds is 7. The van der Waals surface area contributed by atoms with Crippen LogP contribution < -0.4 is 10.2 Å². The van der Waals surface area contributed by atoms with Gasteiger partial charge in [-0.3, -0.25) is 4.98 Å². The number of nitrogens with one attached hydrogen (secondary N) is 1. The topological polar surface area (TPSA) is 80.0 Å². The highest BCUT2D eigenvalue weighted by molar-refractivity contribution is 5.65. The SMILES string of the molecule is Cc1nnc(-c2ccc(N3CCCC(C[C@@H]4CCCC[C@H]4Nc4cc(-c5cccnc5)ccn4)C3)cc2)o1. The van der Waals surface area contributed by atoms with Crippen LogP contribution in [0.25, 0.3) is 22.6 Å². The van der Waals surface area contributed by atoms with Gasteiger partial charge in [0, 0.05) is 61.5 Å². The number of aryl methyl sites for hydroxylation is 1. The number of pyridine rings is 2. The predicted molar refractivity (Wildman–Crippen MR) is 151 cm³/mol. The van der Waals surface area contributed by atoms with Gasteiger partial charge in [0.05, 0.1) is 0 Å². The summed E-state index contributed by atoms with van der Waals surface area (Å²) in [6.45, 7) is 4.06. The molecule has 0 amide bonds. The number of benzene rings is 1. The minimum absolute atomic E-state index is 0.480. The summed E-state index contributed by atoms with van der Waals surface area (Å²) in [5.74, 6) is 3.55. The van der Waals surface area contributed by atoms with Gasteiger partial charge < -0.3 is 14.6 Å². The molecule has 1 saturated carbocycles.